The van der Waals surface area contributed by atoms with Crippen LogP contribution in [0.15, 0.2) is 65.1 Å². The fourth-order valence-electron chi connectivity index (χ4n) is 4.87. The van der Waals surface area contributed by atoms with Gasteiger partial charge in [0, 0.05) is 35.4 Å². The zero-order valence-electron chi connectivity index (χ0n) is 21.6. The van der Waals surface area contributed by atoms with Gasteiger partial charge in [-0.05, 0) is 30.2 Å². The van der Waals surface area contributed by atoms with E-state index >= 15 is 0 Å². The van der Waals surface area contributed by atoms with Gasteiger partial charge < -0.3 is 4.42 Å². The first kappa shape index (κ1) is 23.1. The molecule has 174 valence electrons. The van der Waals surface area contributed by atoms with Crippen LogP contribution in [-0.2, 0) is 7.05 Å². The maximum atomic E-state index is 7.81. The first-order chi connectivity index (χ1) is 16.6. The molecule has 0 saturated carbocycles. The maximum Gasteiger partial charge on any atom is 0.216 e. The van der Waals surface area contributed by atoms with Crippen molar-refractivity contribution in [2.24, 2.45) is 7.05 Å². The summed E-state index contributed by atoms with van der Waals surface area (Å²) in [6, 6.07) is 21.3. The Morgan fingerprint density at radius 1 is 0.800 bits per heavy atom. The molecule has 5 aromatic rings. The normalized spacial score (nSPS) is 11.8. The molecule has 2 heterocycles. The summed E-state index contributed by atoms with van der Waals surface area (Å²) < 4.78 is 9.02. The van der Waals surface area contributed by atoms with Crippen LogP contribution in [0.5, 0.6) is 0 Å². The second-order valence-electron chi connectivity index (χ2n) is 10.6. The number of nitrogens with zero attached hydrogens (tertiary/aromatic N) is 2. The number of fused-ring (bicyclic) bond motifs is 3. The highest BCUT2D eigenvalue weighted by Crippen LogP contribution is 2.44. The fraction of sp³-hybridized carbons (Fsp3) is 0.226. The highest BCUT2D eigenvalue weighted by atomic mass is 28.3. The van der Waals surface area contributed by atoms with Crippen molar-refractivity contribution in [3.63, 3.8) is 0 Å². The molecule has 3 aromatic carbocycles. The predicted octanol–water partition coefficient (Wildman–Crippen LogP) is 7.77. The van der Waals surface area contributed by atoms with Crippen molar-refractivity contribution in [3.05, 3.63) is 88.9 Å². The molecule has 5 rings (SSSR count). The molecule has 0 aliphatic carbocycles. The first-order valence-electron chi connectivity index (χ1n) is 12.0. The van der Waals surface area contributed by atoms with E-state index in [0.29, 0.717) is 5.69 Å². The summed E-state index contributed by atoms with van der Waals surface area (Å²) in [6.45, 7) is 21.4. The number of hydrogen-bond acceptors (Lipinski definition) is 1. The summed E-state index contributed by atoms with van der Waals surface area (Å²) in [7, 11) is 0.617. The predicted molar refractivity (Wildman–Crippen MR) is 149 cm³/mol. The summed E-state index contributed by atoms with van der Waals surface area (Å²) in [5.41, 5.74) is 10.1. The minimum Gasteiger partial charge on any atom is -0.456 e. The van der Waals surface area contributed by atoms with E-state index in [2.05, 4.69) is 105 Å². The van der Waals surface area contributed by atoms with Crippen molar-refractivity contribution in [2.75, 3.05) is 0 Å². The van der Waals surface area contributed by atoms with Crippen LogP contribution in [0.4, 0.5) is 5.69 Å². The Hall–Kier alpha value is -3.68. The quantitative estimate of drug-likeness (QED) is 0.148. The lowest BCUT2D eigenvalue weighted by atomic mass is 9.97. The van der Waals surface area contributed by atoms with Gasteiger partial charge in [0.2, 0.25) is 5.69 Å². The number of aromatic nitrogens is 1. The number of hydrogen-bond donors (Lipinski definition) is 0. The van der Waals surface area contributed by atoms with Crippen LogP contribution in [0.3, 0.4) is 0 Å². The lowest BCUT2D eigenvalue weighted by Crippen LogP contribution is -2.44. The molecule has 4 heteroatoms. The van der Waals surface area contributed by atoms with E-state index in [-0.39, 0.29) is 0 Å². The van der Waals surface area contributed by atoms with Gasteiger partial charge in [-0.3, -0.25) is 0 Å². The Labute approximate surface area is 208 Å². The summed E-state index contributed by atoms with van der Waals surface area (Å²) in [5, 5.41) is 3.57. The molecule has 3 nitrogen and oxygen atoms in total. The average molecular weight is 476 g/mol. The third-order valence-corrected chi connectivity index (χ3v) is 9.15. The number of rotatable bonds is 3. The molecule has 0 fully saturated rings. The van der Waals surface area contributed by atoms with Crippen molar-refractivity contribution < 1.29 is 8.98 Å². The average Bonchev–Trinajstić information content (AvgIpc) is 3.19. The molecule has 0 radical (unpaired) electrons. The number of benzene rings is 3. The van der Waals surface area contributed by atoms with Gasteiger partial charge in [0.1, 0.15) is 18.2 Å². The lowest BCUT2D eigenvalue weighted by Gasteiger charge is -2.18. The van der Waals surface area contributed by atoms with Gasteiger partial charge >= 0.3 is 0 Å². The van der Waals surface area contributed by atoms with Crippen molar-refractivity contribution in [1.29, 1.82) is 0 Å². The van der Waals surface area contributed by atoms with E-state index in [9.17, 15) is 0 Å². The molecule has 0 saturated heterocycles. The molecule has 0 atom stereocenters. The molecular formula is C31H31N2OSi+. The van der Waals surface area contributed by atoms with Crippen LogP contribution >= 0.6 is 0 Å². The van der Waals surface area contributed by atoms with Crippen LogP contribution in [0.2, 0.25) is 19.6 Å². The van der Waals surface area contributed by atoms with E-state index < -0.39 is 8.07 Å². The van der Waals surface area contributed by atoms with Crippen LogP contribution in [0.1, 0.15) is 16.8 Å². The number of aryl methyl sites for hydroxylation is 3. The molecule has 35 heavy (non-hydrogen) atoms. The Bertz CT molecular complexity index is 1660. The van der Waals surface area contributed by atoms with E-state index in [4.69, 9.17) is 11.0 Å². The van der Waals surface area contributed by atoms with E-state index in [0.717, 1.165) is 38.6 Å². The van der Waals surface area contributed by atoms with Crippen molar-refractivity contribution in [1.82, 2.24) is 0 Å². The summed E-state index contributed by atoms with van der Waals surface area (Å²) in [4.78, 5) is 3.84. The maximum absolute atomic E-state index is 7.81. The molecule has 0 spiro atoms. The van der Waals surface area contributed by atoms with Crippen LogP contribution < -0.4 is 9.75 Å². The summed E-state index contributed by atoms with van der Waals surface area (Å²) in [6.07, 6.45) is 0. The second kappa shape index (κ2) is 8.22. The zero-order valence-corrected chi connectivity index (χ0v) is 22.6. The van der Waals surface area contributed by atoms with Crippen LogP contribution in [0, 0.1) is 27.3 Å². The zero-order chi connectivity index (χ0) is 25.1. The van der Waals surface area contributed by atoms with Crippen molar-refractivity contribution in [3.8, 4) is 22.4 Å². The Morgan fingerprint density at radius 2 is 1.43 bits per heavy atom. The molecule has 0 aliphatic heterocycles. The third-order valence-electron chi connectivity index (χ3n) is 7.13. The number of pyridine rings is 1. The molecule has 0 aliphatic rings. The van der Waals surface area contributed by atoms with E-state index in [1.54, 1.807) is 0 Å². The summed E-state index contributed by atoms with van der Waals surface area (Å²) >= 11 is 0. The monoisotopic (exact) mass is 475 g/mol. The third kappa shape index (κ3) is 3.77. The van der Waals surface area contributed by atoms with Crippen LogP contribution in [0.25, 0.3) is 49.2 Å². The molecular weight excluding hydrogens is 444 g/mol. The summed E-state index contributed by atoms with van der Waals surface area (Å²) in [5.74, 6) is 0. The molecule has 0 N–H and O–H groups in total. The number of furan rings is 1. The Balaban J connectivity index is 1.90. The SMILES string of the molecule is [C-]#[N+]c1ccc2c(oc3c(-c4cc([Si](C)(C)C)cc(C)[n+]4C)c(C)ccc32)c1-c1ccc(C)cc1. The molecule has 0 unspecified atom stereocenters. The van der Waals surface area contributed by atoms with Gasteiger partial charge in [-0.25, -0.2) is 4.85 Å². The van der Waals surface area contributed by atoms with E-state index in [1.807, 2.05) is 12.1 Å². The first-order valence-corrected chi connectivity index (χ1v) is 15.5. The van der Waals surface area contributed by atoms with Gasteiger partial charge in [-0.15, -0.1) is 0 Å². The second-order valence-corrected chi connectivity index (χ2v) is 15.7. The topological polar surface area (TPSA) is 21.4 Å². The highest BCUT2D eigenvalue weighted by Gasteiger charge is 2.27. The van der Waals surface area contributed by atoms with Gasteiger partial charge in [-0.2, -0.15) is 4.57 Å². The molecule has 2 aromatic heterocycles. The lowest BCUT2D eigenvalue weighted by molar-refractivity contribution is -0.666. The molecule has 0 bridgehead atoms. The largest absolute Gasteiger partial charge is 0.456 e. The highest BCUT2D eigenvalue weighted by molar-refractivity contribution is 6.88. The molecule has 0 amide bonds. The van der Waals surface area contributed by atoms with Crippen molar-refractivity contribution in [2.45, 2.75) is 40.4 Å². The standard InChI is InChI=1S/C31H31N2OSi/c1-19-9-12-22(13-10-19)29-26(32-4)16-15-25-24-14-11-20(2)28(30(24)34-31(25)29)27-18-23(35(6,7)8)17-21(3)33(27)5/h9-18H,1-3,5-8H3/q+1. The van der Waals surface area contributed by atoms with E-state index in [1.165, 1.54) is 27.7 Å². The minimum atomic E-state index is -1.52. The minimum absolute atomic E-state index is 0.612. The van der Waals surface area contributed by atoms with Gasteiger partial charge in [0.15, 0.2) is 11.4 Å². The Kier molecular flexibility index (Phi) is 5.42. The van der Waals surface area contributed by atoms with Gasteiger partial charge in [0.25, 0.3) is 0 Å². The fourth-order valence-corrected chi connectivity index (χ4v) is 6.08. The van der Waals surface area contributed by atoms with Gasteiger partial charge in [0.05, 0.1) is 20.2 Å². The van der Waals surface area contributed by atoms with Crippen molar-refractivity contribution >= 4 is 40.9 Å². The Morgan fingerprint density at radius 3 is 2.06 bits per heavy atom. The van der Waals surface area contributed by atoms with Crippen LogP contribution in [-0.4, -0.2) is 8.07 Å². The van der Waals surface area contributed by atoms with Gasteiger partial charge in [-0.1, -0.05) is 73.7 Å². The smallest absolute Gasteiger partial charge is 0.216 e.